The van der Waals surface area contributed by atoms with Gasteiger partial charge in [0, 0.05) is 11.1 Å². The Labute approximate surface area is 121 Å². The van der Waals surface area contributed by atoms with Crippen molar-refractivity contribution in [1.29, 1.82) is 0 Å². The maximum absolute atomic E-state index is 12.6. The number of hydrogen-bond acceptors (Lipinski definition) is 4. The van der Waals surface area contributed by atoms with Crippen LogP contribution in [0.15, 0.2) is 36.3 Å². The van der Waals surface area contributed by atoms with Crippen LogP contribution in [-0.2, 0) is 11.2 Å². The summed E-state index contributed by atoms with van der Waals surface area (Å²) in [7, 11) is 1.33. The Balaban J connectivity index is 1.98. The van der Waals surface area contributed by atoms with Gasteiger partial charge in [0.05, 0.1) is 30.9 Å². The van der Waals surface area contributed by atoms with E-state index >= 15 is 0 Å². The quantitative estimate of drug-likeness (QED) is 0.678. The maximum atomic E-state index is 12.6. The van der Waals surface area contributed by atoms with Crippen LogP contribution in [0.5, 0.6) is 0 Å². The molecule has 0 saturated heterocycles. The molecule has 1 aromatic carbocycles. The summed E-state index contributed by atoms with van der Waals surface area (Å²) < 4.78 is 4.70. The Bertz CT molecular complexity index is 730. The van der Waals surface area contributed by atoms with Crippen molar-refractivity contribution in [2.45, 2.75) is 12.8 Å². The molecule has 0 spiro atoms. The summed E-state index contributed by atoms with van der Waals surface area (Å²) in [6.45, 7) is 0. The van der Waals surface area contributed by atoms with E-state index in [4.69, 9.17) is 4.74 Å². The highest BCUT2D eigenvalue weighted by atomic mass is 16.5. The van der Waals surface area contributed by atoms with Gasteiger partial charge in [-0.2, -0.15) is 0 Å². The average molecular weight is 282 g/mol. The zero-order valence-corrected chi connectivity index (χ0v) is 11.6. The number of H-pyrrole nitrogens is 1. The second kappa shape index (κ2) is 5.36. The summed E-state index contributed by atoms with van der Waals surface area (Å²) in [4.78, 5) is 31.0. The number of ether oxygens (including phenoxy) is 1. The van der Waals surface area contributed by atoms with E-state index < -0.39 is 5.97 Å². The van der Waals surface area contributed by atoms with E-state index in [1.807, 2.05) is 12.1 Å². The SMILES string of the molecule is COC(=O)c1ccc2c(c1)C(=O)/C(=C/c1cnc[nH]1)CC2. The zero-order valence-electron chi connectivity index (χ0n) is 11.6. The summed E-state index contributed by atoms with van der Waals surface area (Å²) in [6, 6.07) is 5.14. The van der Waals surface area contributed by atoms with Gasteiger partial charge in [-0.25, -0.2) is 9.78 Å². The number of hydrogen-bond donors (Lipinski definition) is 1. The average Bonchev–Trinajstić information content (AvgIpc) is 3.02. The monoisotopic (exact) mass is 282 g/mol. The molecule has 0 fully saturated rings. The lowest BCUT2D eigenvalue weighted by Gasteiger charge is -2.18. The number of nitrogens with one attached hydrogen (secondary N) is 1. The molecular formula is C16H14N2O3. The van der Waals surface area contributed by atoms with Crippen molar-refractivity contribution in [3.63, 3.8) is 0 Å². The van der Waals surface area contributed by atoms with Gasteiger partial charge < -0.3 is 9.72 Å². The van der Waals surface area contributed by atoms with E-state index in [1.54, 1.807) is 24.7 Å². The number of aromatic amines is 1. The lowest BCUT2D eigenvalue weighted by molar-refractivity contribution is 0.0600. The molecule has 0 aliphatic heterocycles. The molecule has 5 nitrogen and oxygen atoms in total. The minimum Gasteiger partial charge on any atom is -0.465 e. The first-order valence-corrected chi connectivity index (χ1v) is 6.64. The van der Waals surface area contributed by atoms with Crippen molar-refractivity contribution in [2.75, 3.05) is 7.11 Å². The molecule has 0 saturated carbocycles. The van der Waals surface area contributed by atoms with E-state index in [0.29, 0.717) is 23.1 Å². The van der Waals surface area contributed by atoms with Crippen molar-refractivity contribution in [3.05, 3.63) is 58.7 Å². The Morgan fingerprint density at radius 3 is 2.95 bits per heavy atom. The Morgan fingerprint density at radius 1 is 1.38 bits per heavy atom. The van der Waals surface area contributed by atoms with E-state index in [-0.39, 0.29) is 5.78 Å². The van der Waals surface area contributed by atoms with Crippen LogP contribution in [0.25, 0.3) is 6.08 Å². The molecular weight excluding hydrogens is 268 g/mol. The molecule has 1 aliphatic carbocycles. The summed E-state index contributed by atoms with van der Waals surface area (Å²) in [5.74, 6) is -0.480. The fraction of sp³-hybridized carbons (Fsp3) is 0.188. The van der Waals surface area contributed by atoms with Crippen molar-refractivity contribution in [3.8, 4) is 0 Å². The maximum Gasteiger partial charge on any atom is 0.337 e. The fourth-order valence-electron chi connectivity index (χ4n) is 2.48. The third kappa shape index (κ3) is 2.50. The van der Waals surface area contributed by atoms with Gasteiger partial charge in [-0.15, -0.1) is 0 Å². The van der Waals surface area contributed by atoms with Crippen LogP contribution < -0.4 is 0 Å². The minimum atomic E-state index is -0.435. The predicted octanol–water partition coefficient (Wildman–Crippen LogP) is 2.41. The number of aromatic nitrogens is 2. The molecule has 0 bridgehead atoms. The molecule has 3 rings (SSSR count). The first-order chi connectivity index (χ1) is 10.2. The number of imidazole rings is 1. The number of nitrogens with zero attached hydrogens (tertiary/aromatic N) is 1. The lowest BCUT2D eigenvalue weighted by Crippen LogP contribution is -2.15. The van der Waals surface area contributed by atoms with Crippen LogP contribution in [0.4, 0.5) is 0 Å². The summed E-state index contributed by atoms with van der Waals surface area (Å²) in [5.41, 5.74) is 3.46. The summed E-state index contributed by atoms with van der Waals surface area (Å²) >= 11 is 0. The number of rotatable bonds is 2. The molecule has 1 aliphatic rings. The summed E-state index contributed by atoms with van der Waals surface area (Å²) in [5, 5.41) is 0. The number of esters is 1. The van der Waals surface area contributed by atoms with Crippen LogP contribution in [-0.4, -0.2) is 28.8 Å². The second-order valence-corrected chi connectivity index (χ2v) is 4.87. The van der Waals surface area contributed by atoms with E-state index in [9.17, 15) is 9.59 Å². The first-order valence-electron chi connectivity index (χ1n) is 6.64. The molecule has 0 unspecified atom stereocenters. The number of carbonyl (C=O) groups is 2. The number of aryl methyl sites for hydroxylation is 1. The van der Waals surface area contributed by atoms with Crippen LogP contribution in [0, 0.1) is 0 Å². The largest absolute Gasteiger partial charge is 0.465 e. The third-order valence-electron chi connectivity index (χ3n) is 3.58. The first kappa shape index (κ1) is 13.3. The number of carbonyl (C=O) groups excluding carboxylic acids is 2. The number of fused-ring (bicyclic) bond motifs is 1. The van der Waals surface area contributed by atoms with E-state index in [2.05, 4.69) is 9.97 Å². The van der Waals surface area contributed by atoms with Crippen LogP contribution >= 0.6 is 0 Å². The Kier molecular flexibility index (Phi) is 3.39. The normalized spacial score (nSPS) is 15.9. The Morgan fingerprint density at radius 2 is 2.24 bits per heavy atom. The Hall–Kier alpha value is -2.69. The van der Waals surface area contributed by atoms with Gasteiger partial charge in [0.2, 0.25) is 0 Å². The van der Waals surface area contributed by atoms with Gasteiger partial charge in [-0.05, 0) is 36.6 Å². The van der Waals surface area contributed by atoms with Gasteiger partial charge in [-0.1, -0.05) is 6.07 Å². The van der Waals surface area contributed by atoms with Crippen molar-refractivity contribution >= 4 is 17.8 Å². The standard InChI is InChI=1S/C16H14N2O3/c1-21-16(20)12-5-3-10-2-4-11(15(19)14(10)7-12)6-13-8-17-9-18-13/h3,5-9H,2,4H2,1H3,(H,17,18)/b11-6+. The van der Waals surface area contributed by atoms with Gasteiger partial charge in [0.25, 0.3) is 0 Å². The van der Waals surface area contributed by atoms with Crippen molar-refractivity contribution in [2.24, 2.45) is 0 Å². The van der Waals surface area contributed by atoms with Crippen molar-refractivity contribution in [1.82, 2.24) is 9.97 Å². The van der Waals surface area contributed by atoms with Gasteiger partial charge in [-0.3, -0.25) is 4.79 Å². The fourth-order valence-corrected chi connectivity index (χ4v) is 2.48. The van der Waals surface area contributed by atoms with E-state index in [1.165, 1.54) is 7.11 Å². The number of Topliss-reactive ketones (excluding diaryl/α,β-unsaturated/α-hetero) is 1. The second-order valence-electron chi connectivity index (χ2n) is 4.87. The highest BCUT2D eigenvalue weighted by molar-refractivity contribution is 6.13. The number of methoxy groups -OCH3 is 1. The van der Waals surface area contributed by atoms with Crippen LogP contribution in [0.1, 0.15) is 38.4 Å². The molecule has 0 radical (unpaired) electrons. The molecule has 106 valence electrons. The molecule has 1 aromatic heterocycles. The lowest BCUT2D eigenvalue weighted by atomic mass is 9.85. The molecule has 0 amide bonds. The van der Waals surface area contributed by atoms with Crippen molar-refractivity contribution < 1.29 is 14.3 Å². The number of ketones is 1. The molecule has 1 heterocycles. The van der Waals surface area contributed by atoms with Crippen LogP contribution in [0.3, 0.4) is 0 Å². The van der Waals surface area contributed by atoms with Gasteiger partial charge in [0.1, 0.15) is 0 Å². The zero-order chi connectivity index (χ0) is 14.8. The third-order valence-corrected chi connectivity index (χ3v) is 3.58. The smallest absolute Gasteiger partial charge is 0.337 e. The highest BCUT2D eigenvalue weighted by Gasteiger charge is 2.23. The van der Waals surface area contributed by atoms with Gasteiger partial charge >= 0.3 is 5.97 Å². The topological polar surface area (TPSA) is 72.1 Å². The van der Waals surface area contributed by atoms with Crippen LogP contribution in [0.2, 0.25) is 0 Å². The molecule has 2 aromatic rings. The highest BCUT2D eigenvalue weighted by Crippen LogP contribution is 2.27. The molecule has 0 atom stereocenters. The molecule has 1 N–H and O–H groups in total. The molecule has 5 heteroatoms. The predicted molar refractivity (Wildman–Crippen MR) is 77.0 cm³/mol. The number of allylic oxidation sites excluding steroid dienone is 1. The van der Waals surface area contributed by atoms with Gasteiger partial charge in [0.15, 0.2) is 5.78 Å². The summed E-state index contributed by atoms with van der Waals surface area (Å²) in [6.07, 6.45) is 6.51. The van der Waals surface area contributed by atoms with E-state index in [0.717, 1.165) is 17.7 Å². The minimum absolute atomic E-state index is 0.0448. The molecule has 21 heavy (non-hydrogen) atoms. The number of benzene rings is 1.